The van der Waals surface area contributed by atoms with Crippen molar-refractivity contribution in [1.29, 1.82) is 0 Å². The first-order chi connectivity index (χ1) is 18.2. The molecule has 1 aliphatic rings. The fourth-order valence-corrected chi connectivity index (χ4v) is 4.91. The Morgan fingerprint density at radius 3 is 2.39 bits per heavy atom. The molecule has 1 saturated carbocycles. The Balaban J connectivity index is 1.82. The van der Waals surface area contributed by atoms with Crippen LogP contribution < -0.4 is 15.5 Å². The molecule has 3 N–H and O–H groups in total. The second-order valence-corrected chi connectivity index (χ2v) is 9.89. The number of hydrogen-bond donors (Lipinski definition) is 3. The summed E-state index contributed by atoms with van der Waals surface area (Å²) in [5.74, 6) is -2.47. The van der Waals surface area contributed by atoms with Gasteiger partial charge in [-0.2, -0.15) is 0 Å². The zero-order valence-electron chi connectivity index (χ0n) is 21.4. The Morgan fingerprint density at radius 1 is 1.03 bits per heavy atom. The van der Waals surface area contributed by atoms with Gasteiger partial charge in [0.1, 0.15) is 18.0 Å². The zero-order chi connectivity index (χ0) is 27.2. The van der Waals surface area contributed by atoms with Gasteiger partial charge in [-0.15, -0.1) is 0 Å². The number of aromatic carboxylic acids is 1. The lowest BCUT2D eigenvalue weighted by molar-refractivity contribution is 0.0697. The smallest absolute Gasteiger partial charge is 0.336 e. The van der Waals surface area contributed by atoms with E-state index in [1.807, 2.05) is 0 Å². The van der Waals surface area contributed by atoms with Crippen LogP contribution in [0.3, 0.4) is 0 Å². The van der Waals surface area contributed by atoms with Crippen LogP contribution in [-0.4, -0.2) is 39.7 Å². The topological polar surface area (TPSA) is 107 Å². The van der Waals surface area contributed by atoms with Crippen LogP contribution in [0.5, 0.6) is 0 Å². The van der Waals surface area contributed by atoms with E-state index in [2.05, 4.69) is 39.3 Å². The van der Waals surface area contributed by atoms with Gasteiger partial charge in [0.25, 0.3) is 0 Å². The van der Waals surface area contributed by atoms with Gasteiger partial charge in [-0.25, -0.2) is 28.3 Å². The third-order valence-corrected chi connectivity index (χ3v) is 6.54. The SMILES string of the molecule is CC(C)CN(c1cc(F)c(-c2cc(F)ccc2C(=O)O)cc1NC(=O)Nc1cncnc1)C1CCCCC1. The molecule has 1 fully saturated rings. The van der Waals surface area contributed by atoms with Crippen LogP contribution >= 0.6 is 0 Å². The fraction of sp³-hybridized carbons (Fsp3) is 0.357. The lowest BCUT2D eigenvalue weighted by Crippen LogP contribution is -2.40. The van der Waals surface area contributed by atoms with Gasteiger partial charge in [-0.1, -0.05) is 33.1 Å². The van der Waals surface area contributed by atoms with Crippen LogP contribution in [0.1, 0.15) is 56.3 Å². The quantitative estimate of drug-likeness (QED) is 0.309. The van der Waals surface area contributed by atoms with Gasteiger partial charge in [0.05, 0.1) is 35.0 Å². The summed E-state index contributed by atoms with van der Waals surface area (Å²) in [5, 5.41) is 15.1. The maximum Gasteiger partial charge on any atom is 0.336 e. The van der Waals surface area contributed by atoms with E-state index in [9.17, 15) is 19.1 Å². The normalized spacial score (nSPS) is 13.8. The van der Waals surface area contributed by atoms with Crippen molar-refractivity contribution < 1.29 is 23.5 Å². The molecule has 1 heterocycles. The number of aromatic nitrogens is 2. The number of carboxylic acid groups (broad SMARTS) is 1. The number of urea groups is 1. The first kappa shape index (κ1) is 27.0. The van der Waals surface area contributed by atoms with Crippen molar-refractivity contribution in [3.05, 3.63) is 66.3 Å². The lowest BCUT2D eigenvalue weighted by atomic mass is 9.92. The molecule has 0 radical (unpaired) electrons. The highest BCUT2D eigenvalue weighted by Crippen LogP contribution is 2.39. The van der Waals surface area contributed by atoms with Crippen molar-refractivity contribution in [3.8, 4) is 11.1 Å². The highest BCUT2D eigenvalue weighted by atomic mass is 19.1. The van der Waals surface area contributed by atoms with E-state index in [0.717, 1.165) is 50.3 Å². The van der Waals surface area contributed by atoms with Gasteiger partial charge in [0.2, 0.25) is 0 Å². The summed E-state index contributed by atoms with van der Waals surface area (Å²) >= 11 is 0. The second-order valence-electron chi connectivity index (χ2n) is 9.89. The summed E-state index contributed by atoms with van der Waals surface area (Å²) in [5.41, 5.74) is 0.633. The Kier molecular flexibility index (Phi) is 8.50. The lowest BCUT2D eigenvalue weighted by Gasteiger charge is -2.38. The number of amides is 2. The Morgan fingerprint density at radius 2 is 1.74 bits per heavy atom. The first-order valence-corrected chi connectivity index (χ1v) is 12.7. The Bertz CT molecular complexity index is 1300. The molecule has 8 nitrogen and oxygen atoms in total. The van der Waals surface area contributed by atoms with Crippen LogP contribution in [-0.2, 0) is 0 Å². The van der Waals surface area contributed by atoms with Crippen LogP contribution in [0.2, 0.25) is 0 Å². The van der Waals surface area contributed by atoms with E-state index >= 15 is 4.39 Å². The predicted molar refractivity (Wildman–Crippen MR) is 142 cm³/mol. The van der Waals surface area contributed by atoms with E-state index in [1.54, 1.807) is 0 Å². The molecule has 3 aromatic rings. The fourth-order valence-electron chi connectivity index (χ4n) is 4.91. The summed E-state index contributed by atoms with van der Waals surface area (Å²) in [6.07, 6.45) is 9.34. The predicted octanol–water partition coefficient (Wildman–Crippen LogP) is 6.56. The number of carbonyl (C=O) groups excluding carboxylic acids is 1. The van der Waals surface area contributed by atoms with Gasteiger partial charge in [0.15, 0.2) is 0 Å². The van der Waals surface area contributed by atoms with Crippen LogP contribution in [0.15, 0.2) is 49.1 Å². The first-order valence-electron chi connectivity index (χ1n) is 12.7. The third-order valence-electron chi connectivity index (χ3n) is 6.54. The minimum atomic E-state index is -1.32. The van der Waals surface area contributed by atoms with E-state index in [4.69, 9.17) is 0 Å². The van der Waals surface area contributed by atoms with Crippen LogP contribution in [0.25, 0.3) is 11.1 Å². The van der Waals surface area contributed by atoms with Crippen molar-refractivity contribution in [2.45, 2.75) is 52.0 Å². The monoisotopic (exact) mass is 523 g/mol. The second kappa shape index (κ2) is 12.0. The molecule has 1 aromatic heterocycles. The number of nitrogens with one attached hydrogen (secondary N) is 2. The summed E-state index contributed by atoms with van der Waals surface area (Å²) in [4.78, 5) is 34.7. The van der Waals surface area contributed by atoms with E-state index in [-0.39, 0.29) is 34.3 Å². The average Bonchev–Trinajstić information content (AvgIpc) is 2.89. The molecule has 0 bridgehead atoms. The molecule has 200 valence electrons. The summed E-state index contributed by atoms with van der Waals surface area (Å²) in [6.45, 7) is 4.77. The van der Waals surface area contributed by atoms with Gasteiger partial charge < -0.3 is 20.6 Å². The van der Waals surface area contributed by atoms with E-state index in [1.165, 1.54) is 30.9 Å². The number of benzene rings is 2. The van der Waals surface area contributed by atoms with Gasteiger partial charge in [0, 0.05) is 23.7 Å². The number of halogens is 2. The van der Waals surface area contributed by atoms with E-state index in [0.29, 0.717) is 17.9 Å². The number of rotatable bonds is 8. The summed E-state index contributed by atoms with van der Waals surface area (Å²) in [6, 6.07) is 5.34. The largest absolute Gasteiger partial charge is 0.478 e. The molecular formula is C28H31F2N5O3. The van der Waals surface area contributed by atoms with Crippen molar-refractivity contribution in [3.63, 3.8) is 0 Å². The van der Waals surface area contributed by atoms with Crippen molar-refractivity contribution in [2.24, 2.45) is 5.92 Å². The van der Waals surface area contributed by atoms with Crippen molar-refractivity contribution in [1.82, 2.24) is 9.97 Å². The number of carboxylic acids is 1. The minimum absolute atomic E-state index is 0.116. The molecular weight excluding hydrogens is 492 g/mol. The highest BCUT2D eigenvalue weighted by molar-refractivity contribution is 6.03. The van der Waals surface area contributed by atoms with E-state index < -0.39 is 23.6 Å². The molecule has 38 heavy (non-hydrogen) atoms. The molecule has 0 atom stereocenters. The number of carbonyl (C=O) groups is 2. The molecule has 1 aliphatic carbocycles. The van der Waals surface area contributed by atoms with Gasteiger partial charge >= 0.3 is 12.0 Å². The van der Waals surface area contributed by atoms with Crippen molar-refractivity contribution in [2.75, 3.05) is 22.1 Å². The molecule has 10 heteroatoms. The molecule has 0 aliphatic heterocycles. The standard InChI is InChI=1S/C28H31F2N5O3/c1-17(2)15-35(20-6-4-3-5-7-20)26-12-24(30)23(22-10-18(29)8-9-21(22)27(36)37)11-25(26)34-28(38)33-19-13-31-16-32-14-19/h8-14,16-17,20H,3-7,15H2,1-2H3,(H,36,37)(H2,33,34,38). The number of nitrogens with zero attached hydrogens (tertiary/aromatic N) is 3. The van der Waals surface area contributed by atoms with Crippen LogP contribution in [0.4, 0.5) is 30.6 Å². The molecule has 2 aromatic carbocycles. The van der Waals surface area contributed by atoms with Gasteiger partial charge in [-0.05, 0) is 49.1 Å². The summed E-state index contributed by atoms with van der Waals surface area (Å²) < 4.78 is 29.9. The number of anilines is 3. The molecule has 0 saturated heterocycles. The Hall–Kier alpha value is -4.08. The van der Waals surface area contributed by atoms with Crippen molar-refractivity contribution >= 4 is 29.1 Å². The summed E-state index contributed by atoms with van der Waals surface area (Å²) in [7, 11) is 0. The van der Waals surface area contributed by atoms with Crippen LogP contribution in [0, 0.1) is 17.6 Å². The molecule has 4 rings (SSSR count). The molecule has 0 spiro atoms. The maximum absolute atomic E-state index is 15.8. The Labute approximate surface area is 220 Å². The third kappa shape index (κ3) is 6.42. The minimum Gasteiger partial charge on any atom is -0.478 e. The number of hydrogen-bond acceptors (Lipinski definition) is 5. The maximum atomic E-state index is 15.8. The zero-order valence-corrected chi connectivity index (χ0v) is 21.4. The molecule has 0 unspecified atom stereocenters. The molecule has 2 amide bonds. The average molecular weight is 524 g/mol. The van der Waals surface area contributed by atoms with Gasteiger partial charge in [-0.3, -0.25) is 0 Å². The highest BCUT2D eigenvalue weighted by Gasteiger charge is 2.27.